The molecule has 1 aliphatic carbocycles. The monoisotopic (exact) mass is 168 g/mol. The van der Waals surface area contributed by atoms with E-state index in [0.717, 1.165) is 12.8 Å². The number of carbonyl (C=O) groups is 1. The zero-order valence-corrected chi connectivity index (χ0v) is 7.64. The lowest BCUT2D eigenvalue weighted by atomic mass is 10.2. The van der Waals surface area contributed by atoms with E-state index in [1.54, 1.807) is 0 Å². The van der Waals surface area contributed by atoms with Crippen LogP contribution in [0.5, 0.6) is 0 Å². The minimum atomic E-state index is 0.213. The molecule has 0 bridgehead atoms. The molecular weight excluding hydrogens is 150 g/mol. The van der Waals surface area contributed by atoms with Gasteiger partial charge in [0.1, 0.15) is 0 Å². The summed E-state index contributed by atoms with van der Waals surface area (Å²) in [4.78, 5) is 11.2. The first-order valence-electron chi connectivity index (χ1n) is 4.91. The summed E-state index contributed by atoms with van der Waals surface area (Å²) in [6.07, 6.45) is 7.34. The summed E-state index contributed by atoms with van der Waals surface area (Å²) in [5.74, 6) is 0.213. The van der Waals surface area contributed by atoms with Crippen LogP contribution in [-0.2, 0) is 4.79 Å². The first-order chi connectivity index (χ1) is 5.83. The Kier molecular flexibility index (Phi) is 4.12. The van der Waals surface area contributed by atoms with Gasteiger partial charge in [-0.2, -0.15) is 0 Å². The zero-order chi connectivity index (χ0) is 8.81. The zero-order valence-electron chi connectivity index (χ0n) is 7.64. The maximum absolute atomic E-state index is 11.2. The fourth-order valence-corrected chi connectivity index (χ4v) is 1.66. The Labute approximate surface area is 74.7 Å². The highest BCUT2D eigenvalue weighted by molar-refractivity contribution is 5.76. The first-order valence-corrected chi connectivity index (χ1v) is 4.91. The molecule has 69 valence electrons. The van der Waals surface area contributed by atoms with E-state index < -0.39 is 0 Å². The Bertz CT molecular complexity index is 139. The Morgan fingerprint density at radius 2 is 2.08 bits per heavy atom. The average molecular weight is 168 g/mol. The minimum absolute atomic E-state index is 0.213. The summed E-state index contributed by atoms with van der Waals surface area (Å²) < 4.78 is 0. The molecule has 1 amide bonds. The minimum Gasteiger partial charge on any atom is -0.353 e. The molecule has 0 aromatic carbocycles. The molecule has 1 N–H and O–H groups in total. The Balaban J connectivity index is 2.08. The first kappa shape index (κ1) is 9.56. The third-order valence-corrected chi connectivity index (χ3v) is 2.37. The maximum Gasteiger partial charge on any atom is 0.220 e. The van der Waals surface area contributed by atoms with Gasteiger partial charge >= 0.3 is 0 Å². The van der Waals surface area contributed by atoms with Crippen LogP contribution < -0.4 is 5.32 Å². The van der Waals surface area contributed by atoms with Crippen molar-refractivity contribution < 1.29 is 4.79 Å². The number of nitrogens with one attached hydrogen (secondary N) is 1. The summed E-state index contributed by atoms with van der Waals surface area (Å²) in [7, 11) is 0. The van der Waals surface area contributed by atoms with Crippen LogP contribution in [0.25, 0.3) is 0 Å². The largest absolute Gasteiger partial charge is 0.353 e. The third kappa shape index (κ3) is 3.24. The van der Waals surface area contributed by atoms with Gasteiger partial charge in [-0.05, 0) is 19.3 Å². The van der Waals surface area contributed by atoms with Crippen LogP contribution in [0.15, 0.2) is 0 Å². The topological polar surface area (TPSA) is 29.1 Å². The fraction of sp³-hybridized carbons (Fsp3) is 0.800. The van der Waals surface area contributed by atoms with Crippen LogP contribution in [-0.4, -0.2) is 11.9 Å². The van der Waals surface area contributed by atoms with Crippen molar-refractivity contribution in [1.82, 2.24) is 5.32 Å². The SMILES string of the molecule is [CH2]CCCC(=O)NC1CCCC1. The van der Waals surface area contributed by atoms with Crippen LogP contribution >= 0.6 is 0 Å². The molecule has 1 saturated carbocycles. The number of unbranched alkanes of at least 4 members (excludes halogenated alkanes) is 1. The van der Waals surface area contributed by atoms with Gasteiger partial charge in [-0.25, -0.2) is 0 Å². The molecule has 12 heavy (non-hydrogen) atoms. The molecule has 0 aliphatic heterocycles. The van der Waals surface area contributed by atoms with Crippen molar-refractivity contribution in [3.05, 3.63) is 6.92 Å². The summed E-state index contributed by atoms with van der Waals surface area (Å²) in [6.45, 7) is 3.71. The number of hydrogen-bond donors (Lipinski definition) is 1. The van der Waals surface area contributed by atoms with Gasteiger partial charge in [0, 0.05) is 12.5 Å². The molecule has 0 aromatic heterocycles. The molecule has 0 heterocycles. The highest BCUT2D eigenvalue weighted by Gasteiger charge is 2.16. The molecule has 1 aliphatic rings. The van der Waals surface area contributed by atoms with Crippen molar-refractivity contribution in [3.63, 3.8) is 0 Å². The van der Waals surface area contributed by atoms with Crippen LogP contribution in [0.2, 0.25) is 0 Å². The van der Waals surface area contributed by atoms with Crippen molar-refractivity contribution in [2.75, 3.05) is 0 Å². The average Bonchev–Trinajstić information content (AvgIpc) is 2.53. The van der Waals surface area contributed by atoms with Gasteiger partial charge in [0.05, 0.1) is 0 Å². The van der Waals surface area contributed by atoms with E-state index in [9.17, 15) is 4.79 Å². The third-order valence-electron chi connectivity index (χ3n) is 2.37. The molecule has 1 radical (unpaired) electrons. The lowest BCUT2D eigenvalue weighted by Crippen LogP contribution is -2.32. The summed E-state index contributed by atoms with van der Waals surface area (Å²) in [5, 5.41) is 3.05. The summed E-state index contributed by atoms with van der Waals surface area (Å²) >= 11 is 0. The van der Waals surface area contributed by atoms with Gasteiger partial charge in [-0.15, -0.1) is 0 Å². The van der Waals surface area contributed by atoms with E-state index in [4.69, 9.17) is 0 Å². The smallest absolute Gasteiger partial charge is 0.220 e. The molecule has 0 spiro atoms. The summed E-state index contributed by atoms with van der Waals surface area (Å²) in [5.41, 5.74) is 0. The van der Waals surface area contributed by atoms with E-state index in [1.807, 2.05) is 0 Å². The normalized spacial score (nSPS) is 18.1. The van der Waals surface area contributed by atoms with E-state index in [1.165, 1.54) is 25.7 Å². The van der Waals surface area contributed by atoms with Gasteiger partial charge in [0.25, 0.3) is 0 Å². The lowest BCUT2D eigenvalue weighted by Gasteiger charge is -2.10. The van der Waals surface area contributed by atoms with Crippen LogP contribution in [0.1, 0.15) is 44.9 Å². The van der Waals surface area contributed by atoms with E-state index in [-0.39, 0.29) is 5.91 Å². The van der Waals surface area contributed by atoms with Gasteiger partial charge in [0.2, 0.25) is 5.91 Å². The number of rotatable bonds is 4. The Morgan fingerprint density at radius 1 is 1.42 bits per heavy atom. The van der Waals surface area contributed by atoms with Crippen LogP contribution in [0.4, 0.5) is 0 Å². The second-order valence-corrected chi connectivity index (χ2v) is 3.51. The predicted molar refractivity (Wildman–Crippen MR) is 49.6 cm³/mol. The van der Waals surface area contributed by atoms with E-state index >= 15 is 0 Å². The van der Waals surface area contributed by atoms with E-state index in [0.29, 0.717) is 12.5 Å². The van der Waals surface area contributed by atoms with E-state index in [2.05, 4.69) is 12.2 Å². The molecular formula is C10H18NO. The van der Waals surface area contributed by atoms with Crippen molar-refractivity contribution in [2.45, 2.75) is 51.0 Å². The number of amides is 1. The lowest BCUT2D eigenvalue weighted by molar-refractivity contribution is -0.121. The predicted octanol–water partition coefficient (Wildman–Crippen LogP) is 2.05. The quantitative estimate of drug-likeness (QED) is 0.684. The van der Waals surface area contributed by atoms with Crippen molar-refractivity contribution >= 4 is 5.91 Å². The number of hydrogen-bond acceptors (Lipinski definition) is 1. The highest BCUT2D eigenvalue weighted by atomic mass is 16.1. The summed E-state index contributed by atoms with van der Waals surface area (Å²) in [6, 6.07) is 0.474. The van der Waals surface area contributed by atoms with Crippen LogP contribution in [0.3, 0.4) is 0 Å². The van der Waals surface area contributed by atoms with Crippen molar-refractivity contribution in [1.29, 1.82) is 0 Å². The molecule has 0 saturated heterocycles. The molecule has 1 rings (SSSR count). The van der Waals surface area contributed by atoms with Gasteiger partial charge < -0.3 is 5.32 Å². The van der Waals surface area contributed by atoms with Crippen molar-refractivity contribution in [2.24, 2.45) is 0 Å². The second kappa shape index (κ2) is 5.18. The van der Waals surface area contributed by atoms with Gasteiger partial charge in [-0.3, -0.25) is 4.79 Å². The maximum atomic E-state index is 11.2. The Morgan fingerprint density at radius 3 is 2.67 bits per heavy atom. The molecule has 1 fully saturated rings. The molecule has 2 heteroatoms. The van der Waals surface area contributed by atoms with Gasteiger partial charge in [-0.1, -0.05) is 26.2 Å². The number of carbonyl (C=O) groups excluding carboxylic acids is 1. The van der Waals surface area contributed by atoms with Crippen molar-refractivity contribution in [3.8, 4) is 0 Å². The molecule has 0 atom stereocenters. The van der Waals surface area contributed by atoms with Crippen LogP contribution in [0, 0.1) is 6.92 Å². The molecule has 2 nitrogen and oxygen atoms in total. The second-order valence-electron chi connectivity index (χ2n) is 3.51. The Hall–Kier alpha value is -0.530. The molecule has 0 unspecified atom stereocenters. The van der Waals surface area contributed by atoms with Gasteiger partial charge in [0.15, 0.2) is 0 Å². The fourth-order valence-electron chi connectivity index (χ4n) is 1.66. The standard InChI is InChI=1S/C10H18NO/c1-2-3-8-10(12)11-9-6-4-5-7-9/h9H,1-8H2,(H,11,12). The molecule has 0 aromatic rings. The highest BCUT2D eigenvalue weighted by Crippen LogP contribution is 2.17.